The number of rotatable bonds is 5. The van der Waals surface area contributed by atoms with Crippen LogP contribution in [0.2, 0.25) is 5.02 Å². The highest BCUT2D eigenvalue weighted by atomic mass is 35.5. The van der Waals surface area contributed by atoms with Crippen molar-refractivity contribution in [2.24, 2.45) is 0 Å². The van der Waals surface area contributed by atoms with E-state index >= 15 is 0 Å². The molecule has 1 aliphatic rings. The summed E-state index contributed by atoms with van der Waals surface area (Å²) in [6, 6.07) is 11.9. The Balaban J connectivity index is 1.78. The first-order valence-electron chi connectivity index (χ1n) is 7.94. The molecule has 3 rings (SSSR count). The van der Waals surface area contributed by atoms with E-state index in [1.165, 1.54) is 0 Å². The highest BCUT2D eigenvalue weighted by molar-refractivity contribution is 6.30. The fourth-order valence-electron chi connectivity index (χ4n) is 2.42. The van der Waals surface area contributed by atoms with Crippen molar-refractivity contribution in [3.8, 4) is 5.75 Å². The Hall–Kier alpha value is -2.83. The molecule has 2 aromatic rings. The third kappa shape index (κ3) is 4.22. The number of methoxy groups -OCH3 is 1. The van der Waals surface area contributed by atoms with Crippen LogP contribution in [0.3, 0.4) is 0 Å². The van der Waals surface area contributed by atoms with Crippen molar-refractivity contribution < 1.29 is 19.1 Å². The van der Waals surface area contributed by atoms with Gasteiger partial charge in [0.2, 0.25) is 0 Å². The van der Waals surface area contributed by atoms with Crippen LogP contribution in [0.15, 0.2) is 48.2 Å². The summed E-state index contributed by atoms with van der Waals surface area (Å²) >= 11 is 5.96. The molecular weight excluding hydrogens is 356 g/mol. The summed E-state index contributed by atoms with van der Waals surface area (Å²) < 4.78 is 10.6. The van der Waals surface area contributed by atoms with Crippen molar-refractivity contribution in [3.05, 3.63) is 64.4 Å². The highest BCUT2D eigenvalue weighted by Gasteiger charge is 2.23. The lowest BCUT2D eigenvalue weighted by Gasteiger charge is -2.20. The number of ether oxygens (including phenoxy) is 2. The van der Waals surface area contributed by atoms with Crippen LogP contribution in [0, 0.1) is 0 Å². The number of hydrogen-bond acceptors (Lipinski definition) is 4. The van der Waals surface area contributed by atoms with Gasteiger partial charge in [-0.05, 0) is 42.0 Å². The number of nitrogens with one attached hydrogen (secondary N) is 2. The number of benzene rings is 2. The number of amides is 2. The fourth-order valence-corrected chi connectivity index (χ4v) is 2.62. The number of hydrogen-bond donors (Lipinski definition) is 2. The second-order valence-electron chi connectivity index (χ2n) is 5.58. The predicted molar refractivity (Wildman–Crippen MR) is 99.3 cm³/mol. The molecule has 0 aromatic heterocycles. The summed E-state index contributed by atoms with van der Waals surface area (Å²) in [5, 5.41) is 6.03. The van der Waals surface area contributed by atoms with E-state index in [-0.39, 0.29) is 11.7 Å². The van der Waals surface area contributed by atoms with Crippen LogP contribution in [0.25, 0.3) is 6.08 Å². The Morgan fingerprint density at radius 1 is 1.31 bits per heavy atom. The lowest BCUT2D eigenvalue weighted by Crippen LogP contribution is -2.28. The topological polar surface area (TPSA) is 76.7 Å². The molecule has 1 heterocycles. The Kier molecular flexibility index (Phi) is 5.55. The lowest BCUT2D eigenvalue weighted by molar-refractivity contribution is -0.115. The van der Waals surface area contributed by atoms with E-state index in [0.29, 0.717) is 35.2 Å². The monoisotopic (exact) mass is 372 g/mol. The zero-order valence-corrected chi connectivity index (χ0v) is 14.8. The van der Waals surface area contributed by atoms with Crippen LogP contribution in [-0.4, -0.2) is 32.1 Å². The normalized spacial score (nSPS) is 14.4. The van der Waals surface area contributed by atoms with E-state index in [1.807, 2.05) is 6.07 Å². The summed E-state index contributed by atoms with van der Waals surface area (Å²) in [6.07, 6.45) is 1.61. The first-order valence-corrected chi connectivity index (χ1v) is 8.32. The van der Waals surface area contributed by atoms with Crippen molar-refractivity contribution in [1.82, 2.24) is 5.32 Å². The van der Waals surface area contributed by atoms with Gasteiger partial charge in [-0.25, -0.2) is 0 Å². The molecule has 0 radical (unpaired) electrons. The minimum absolute atomic E-state index is 0.150. The van der Waals surface area contributed by atoms with E-state index in [4.69, 9.17) is 21.1 Å². The number of carbonyl (C=O) groups is 2. The van der Waals surface area contributed by atoms with Crippen molar-refractivity contribution in [2.75, 3.05) is 25.6 Å². The van der Waals surface area contributed by atoms with Crippen molar-refractivity contribution in [3.63, 3.8) is 0 Å². The Labute approximate surface area is 155 Å². The van der Waals surface area contributed by atoms with E-state index in [0.717, 1.165) is 5.56 Å². The molecule has 7 heteroatoms. The highest BCUT2D eigenvalue weighted by Crippen LogP contribution is 2.32. The van der Waals surface area contributed by atoms with Crippen LogP contribution in [-0.2, 0) is 9.53 Å². The van der Waals surface area contributed by atoms with Gasteiger partial charge in [-0.1, -0.05) is 23.7 Å². The number of anilines is 1. The van der Waals surface area contributed by atoms with Crippen LogP contribution < -0.4 is 15.4 Å². The fraction of sp³-hybridized carbons (Fsp3) is 0.158. The Bertz CT molecular complexity index is 880. The van der Waals surface area contributed by atoms with Crippen molar-refractivity contribution >= 4 is 35.2 Å². The molecule has 2 N–H and O–H groups in total. The van der Waals surface area contributed by atoms with Crippen molar-refractivity contribution in [2.45, 2.75) is 0 Å². The maximum atomic E-state index is 12.3. The van der Waals surface area contributed by atoms with Crippen LogP contribution >= 0.6 is 11.6 Å². The molecule has 2 aromatic carbocycles. The minimum Gasteiger partial charge on any atom is -0.449 e. The molecule has 26 heavy (non-hydrogen) atoms. The van der Waals surface area contributed by atoms with Gasteiger partial charge in [0.25, 0.3) is 11.8 Å². The second-order valence-corrected chi connectivity index (χ2v) is 6.02. The molecule has 0 bridgehead atoms. The first-order chi connectivity index (χ1) is 12.6. The molecule has 0 atom stereocenters. The zero-order chi connectivity index (χ0) is 18.5. The van der Waals surface area contributed by atoms with E-state index < -0.39 is 5.91 Å². The van der Waals surface area contributed by atoms with Crippen molar-refractivity contribution in [1.29, 1.82) is 0 Å². The number of halogens is 1. The Morgan fingerprint density at radius 2 is 2.15 bits per heavy atom. The molecule has 0 unspecified atom stereocenters. The van der Waals surface area contributed by atoms with Gasteiger partial charge in [0.15, 0.2) is 11.5 Å². The Morgan fingerprint density at radius 3 is 2.92 bits per heavy atom. The summed E-state index contributed by atoms with van der Waals surface area (Å²) in [4.78, 5) is 24.4. The van der Waals surface area contributed by atoms with E-state index in [1.54, 1.807) is 49.6 Å². The third-order valence-electron chi connectivity index (χ3n) is 3.67. The SMILES string of the molecule is COCCNC(=O)c1ccc2c(c1)NC(=O)/C(=C/c1cccc(Cl)c1)O2. The first kappa shape index (κ1) is 18.0. The van der Waals surface area contributed by atoms with Gasteiger partial charge in [-0.2, -0.15) is 0 Å². The minimum atomic E-state index is -0.394. The number of fused-ring (bicyclic) bond motifs is 1. The van der Waals surface area contributed by atoms with Gasteiger partial charge in [-0.3, -0.25) is 9.59 Å². The maximum Gasteiger partial charge on any atom is 0.291 e. The summed E-state index contributed by atoms with van der Waals surface area (Å²) in [6.45, 7) is 0.829. The smallest absolute Gasteiger partial charge is 0.291 e. The molecule has 0 saturated carbocycles. The van der Waals surface area contributed by atoms with Gasteiger partial charge in [0.1, 0.15) is 0 Å². The zero-order valence-electron chi connectivity index (χ0n) is 14.0. The predicted octanol–water partition coefficient (Wildman–Crippen LogP) is 3.09. The van der Waals surface area contributed by atoms with E-state index in [2.05, 4.69) is 10.6 Å². The van der Waals surface area contributed by atoms with Crippen LogP contribution in [0.1, 0.15) is 15.9 Å². The van der Waals surface area contributed by atoms with Gasteiger partial charge in [-0.15, -0.1) is 0 Å². The molecule has 2 amide bonds. The molecule has 134 valence electrons. The standard InChI is InChI=1S/C19H17ClN2O4/c1-25-8-7-21-18(23)13-5-6-16-15(11-13)22-19(24)17(26-16)10-12-3-2-4-14(20)9-12/h2-6,9-11H,7-8H2,1H3,(H,21,23)(H,22,24)/b17-10-. The summed E-state index contributed by atoms with van der Waals surface area (Å²) in [5.74, 6) is -0.0304. The summed E-state index contributed by atoms with van der Waals surface area (Å²) in [7, 11) is 1.56. The average Bonchev–Trinajstić information content (AvgIpc) is 2.62. The molecular formula is C19H17ClN2O4. The quantitative estimate of drug-likeness (QED) is 0.624. The van der Waals surface area contributed by atoms with Gasteiger partial charge < -0.3 is 20.1 Å². The molecule has 0 fully saturated rings. The van der Waals surface area contributed by atoms with Gasteiger partial charge in [0.05, 0.1) is 12.3 Å². The molecule has 0 aliphatic carbocycles. The average molecular weight is 373 g/mol. The van der Waals surface area contributed by atoms with Crippen LogP contribution in [0.5, 0.6) is 5.75 Å². The summed E-state index contributed by atoms with van der Waals surface area (Å²) in [5.41, 5.74) is 1.61. The van der Waals surface area contributed by atoms with Gasteiger partial charge >= 0.3 is 0 Å². The largest absolute Gasteiger partial charge is 0.449 e. The number of carbonyl (C=O) groups excluding carboxylic acids is 2. The van der Waals surface area contributed by atoms with Crippen LogP contribution in [0.4, 0.5) is 5.69 Å². The molecule has 0 saturated heterocycles. The molecule has 0 spiro atoms. The third-order valence-corrected chi connectivity index (χ3v) is 3.91. The maximum absolute atomic E-state index is 12.3. The molecule has 1 aliphatic heterocycles. The van der Waals surface area contributed by atoms with E-state index in [9.17, 15) is 9.59 Å². The lowest BCUT2D eigenvalue weighted by atomic mass is 10.1. The molecule has 6 nitrogen and oxygen atoms in total. The van der Waals surface area contributed by atoms with Gasteiger partial charge in [0, 0.05) is 24.2 Å². The second kappa shape index (κ2) is 8.03.